The Balaban J connectivity index is 1.86. The van der Waals surface area contributed by atoms with E-state index in [9.17, 15) is 9.59 Å². The van der Waals surface area contributed by atoms with Crippen molar-refractivity contribution in [2.24, 2.45) is 5.10 Å². The lowest BCUT2D eigenvalue weighted by molar-refractivity contribution is -0.145. The zero-order chi connectivity index (χ0) is 18.8. The highest BCUT2D eigenvalue weighted by atomic mass is 16.6. The predicted molar refractivity (Wildman–Crippen MR) is 96.6 cm³/mol. The average Bonchev–Trinajstić information content (AvgIpc) is 2.67. The first-order valence-electron chi connectivity index (χ1n) is 7.98. The van der Waals surface area contributed by atoms with Gasteiger partial charge in [0.2, 0.25) is 0 Å². The van der Waals surface area contributed by atoms with Gasteiger partial charge >= 0.3 is 5.97 Å². The molecule has 0 radical (unpaired) electrons. The molecule has 1 N–H and O–H groups in total. The second-order valence-electron chi connectivity index (χ2n) is 5.09. The second-order valence-corrected chi connectivity index (χ2v) is 5.09. The normalized spacial score (nSPS) is 10.4. The molecule has 0 bridgehead atoms. The molecule has 0 aromatic heterocycles. The number of rotatable bonds is 8. The van der Waals surface area contributed by atoms with Gasteiger partial charge in [0.25, 0.3) is 5.91 Å². The van der Waals surface area contributed by atoms with E-state index in [0.717, 1.165) is 5.56 Å². The SMILES string of the molecule is CCOC(=O)COc1ccc(/C=N/NC(=O)c2cccc(OC)c2)cc1. The van der Waals surface area contributed by atoms with Gasteiger partial charge in [-0.3, -0.25) is 4.79 Å². The van der Waals surface area contributed by atoms with E-state index in [1.807, 2.05) is 0 Å². The lowest BCUT2D eigenvalue weighted by Gasteiger charge is -2.05. The van der Waals surface area contributed by atoms with Crippen LogP contribution in [0.25, 0.3) is 0 Å². The van der Waals surface area contributed by atoms with Crippen LogP contribution in [-0.2, 0) is 9.53 Å². The standard InChI is InChI=1S/C19H20N2O5/c1-3-25-18(22)13-26-16-9-7-14(8-10-16)12-20-21-19(23)15-5-4-6-17(11-15)24-2/h4-12H,3,13H2,1-2H3,(H,21,23)/b20-12+. The van der Waals surface area contributed by atoms with Crippen molar-refractivity contribution in [3.8, 4) is 11.5 Å². The molecule has 0 saturated carbocycles. The quantitative estimate of drug-likeness (QED) is 0.446. The van der Waals surface area contributed by atoms with Crippen LogP contribution in [-0.4, -0.2) is 38.4 Å². The number of carbonyl (C=O) groups is 2. The minimum Gasteiger partial charge on any atom is -0.497 e. The van der Waals surface area contributed by atoms with Gasteiger partial charge in [0, 0.05) is 5.56 Å². The molecule has 7 nitrogen and oxygen atoms in total. The Morgan fingerprint density at radius 2 is 1.88 bits per heavy atom. The molecule has 2 rings (SSSR count). The largest absolute Gasteiger partial charge is 0.497 e. The van der Waals surface area contributed by atoms with Gasteiger partial charge in [-0.15, -0.1) is 0 Å². The second kappa shape index (κ2) is 9.83. The van der Waals surface area contributed by atoms with E-state index >= 15 is 0 Å². The van der Waals surface area contributed by atoms with Crippen molar-refractivity contribution in [3.05, 3.63) is 59.7 Å². The summed E-state index contributed by atoms with van der Waals surface area (Å²) in [6.45, 7) is 1.91. The van der Waals surface area contributed by atoms with Gasteiger partial charge in [-0.1, -0.05) is 6.07 Å². The molecule has 7 heteroatoms. The molecule has 2 aromatic carbocycles. The summed E-state index contributed by atoms with van der Waals surface area (Å²) in [5.74, 6) is 0.378. The number of nitrogens with zero attached hydrogens (tertiary/aromatic N) is 1. The van der Waals surface area contributed by atoms with Crippen molar-refractivity contribution >= 4 is 18.1 Å². The molecule has 0 unspecified atom stereocenters. The lowest BCUT2D eigenvalue weighted by Crippen LogP contribution is -2.17. The zero-order valence-corrected chi connectivity index (χ0v) is 14.6. The third kappa shape index (κ3) is 5.94. The Bertz CT molecular complexity index is 772. The molecule has 0 spiro atoms. The van der Waals surface area contributed by atoms with Crippen LogP contribution in [0.5, 0.6) is 11.5 Å². The highest BCUT2D eigenvalue weighted by Crippen LogP contribution is 2.13. The van der Waals surface area contributed by atoms with Gasteiger partial charge in [-0.25, -0.2) is 10.2 Å². The van der Waals surface area contributed by atoms with Crippen molar-refractivity contribution < 1.29 is 23.8 Å². The maximum atomic E-state index is 12.0. The maximum Gasteiger partial charge on any atom is 0.344 e. The fraction of sp³-hybridized carbons (Fsp3) is 0.211. The molecule has 0 aliphatic rings. The number of ether oxygens (including phenoxy) is 3. The van der Waals surface area contributed by atoms with E-state index in [1.165, 1.54) is 13.3 Å². The first kappa shape index (κ1) is 19.0. The summed E-state index contributed by atoms with van der Waals surface area (Å²) in [5.41, 5.74) is 3.66. The number of nitrogens with one attached hydrogen (secondary N) is 1. The number of hydrogen-bond acceptors (Lipinski definition) is 6. The molecule has 0 atom stereocenters. The molecular weight excluding hydrogens is 336 g/mol. The summed E-state index contributed by atoms with van der Waals surface area (Å²) < 4.78 is 15.2. The molecule has 136 valence electrons. The number of amides is 1. The summed E-state index contributed by atoms with van der Waals surface area (Å²) in [6, 6.07) is 13.7. The van der Waals surface area contributed by atoms with Crippen molar-refractivity contribution in [2.45, 2.75) is 6.92 Å². The third-order valence-electron chi connectivity index (χ3n) is 3.25. The first-order valence-corrected chi connectivity index (χ1v) is 7.98. The van der Waals surface area contributed by atoms with E-state index in [1.54, 1.807) is 55.5 Å². The number of benzene rings is 2. The molecule has 0 aliphatic carbocycles. The predicted octanol–water partition coefficient (Wildman–Crippen LogP) is 2.40. The maximum absolute atomic E-state index is 12.0. The minimum atomic E-state index is -0.418. The van der Waals surface area contributed by atoms with Crippen molar-refractivity contribution in [1.82, 2.24) is 5.43 Å². The lowest BCUT2D eigenvalue weighted by atomic mass is 10.2. The first-order chi connectivity index (χ1) is 12.6. The van der Waals surface area contributed by atoms with Crippen LogP contribution in [0, 0.1) is 0 Å². The highest BCUT2D eigenvalue weighted by Gasteiger charge is 2.05. The highest BCUT2D eigenvalue weighted by molar-refractivity contribution is 5.95. The molecule has 1 amide bonds. The van der Waals surface area contributed by atoms with Crippen molar-refractivity contribution in [1.29, 1.82) is 0 Å². The molecule has 0 heterocycles. The molecule has 0 aliphatic heterocycles. The minimum absolute atomic E-state index is 0.141. The van der Waals surface area contributed by atoms with Crippen LogP contribution < -0.4 is 14.9 Å². The Morgan fingerprint density at radius 1 is 1.12 bits per heavy atom. The summed E-state index contributed by atoms with van der Waals surface area (Å²) in [5, 5.41) is 3.92. The van der Waals surface area contributed by atoms with Crippen molar-refractivity contribution in [3.63, 3.8) is 0 Å². The van der Waals surface area contributed by atoms with E-state index in [4.69, 9.17) is 14.2 Å². The van der Waals surface area contributed by atoms with Gasteiger partial charge in [0.1, 0.15) is 11.5 Å². The Hall–Kier alpha value is -3.35. The van der Waals surface area contributed by atoms with E-state index < -0.39 is 5.97 Å². The van der Waals surface area contributed by atoms with Crippen molar-refractivity contribution in [2.75, 3.05) is 20.3 Å². The number of hydrogen-bond donors (Lipinski definition) is 1. The summed E-state index contributed by atoms with van der Waals surface area (Å²) in [7, 11) is 1.54. The molecule has 2 aromatic rings. The summed E-state index contributed by atoms with van der Waals surface area (Å²) >= 11 is 0. The van der Waals surface area contributed by atoms with Gasteiger partial charge in [0.05, 0.1) is 19.9 Å². The average molecular weight is 356 g/mol. The Morgan fingerprint density at radius 3 is 2.58 bits per heavy atom. The van der Waals surface area contributed by atoms with Crippen LogP contribution in [0.2, 0.25) is 0 Å². The molecule has 26 heavy (non-hydrogen) atoms. The van der Waals surface area contributed by atoms with Gasteiger partial charge < -0.3 is 14.2 Å². The number of methoxy groups -OCH3 is 1. The van der Waals surface area contributed by atoms with Crippen LogP contribution in [0.15, 0.2) is 53.6 Å². The zero-order valence-electron chi connectivity index (χ0n) is 14.6. The van der Waals surface area contributed by atoms with Crippen LogP contribution in [0.1, 0.15) is 22.8 Å². The molecule has 0 saturated heterocycles. The number of carbonyl (C=O) groups excluding carboxylic acids is 2. The van der Waals surface area contributed by atoms with Gasteiger partial charge in [0.15, 0.2) is 6.61 Å². The van der Waals surface area contributed by atoms with Crippen LogP contribution in [0.4, 0.5) is 0 Å². The van der Waals surface area contributed by atoms with E-state index in [-0.39, 0.29) is 12.5 Å². The molecular formula is C19H20N2O5. The summed E-state index contributed by atoms with van der Waals surface area (Å²) in [4.78, 5) is 23.2. The third-order valence-corrected chi connectivity index (χ3v) is 3.25. The Kier molecular flexibility index (Phi) is 7.17. The van der Waals surface area contributed by atoms with E-state index in [2.05, 4.69) is 10.5 Å². The van der Waals surface area contributed by atoms with Gasteiger partial charge in [-0.05, 0) is 55.0 Å². The van der Waals surface area contributed by atoms with Gasteiger partial charge in [-0.2, -0.15) is 5.10 Å². The number of hydrazone groups is 1. The smallest absolute Gasteiger partial charge is 0.344 e. The topological polar surface area (TPSA) is 86.2 Å². The monoisotopic (exact) mass is 356 g/mol. The fourth-order valence-corrected chi connectivity index (χ4v) is 1.99. The fourth-order valence-electron chi connectivity index (χ4n) is 1.99. The number of esters is 1. The Labute approximate surface area is 151 Å². The summed E-state index contributed by atoms with van der Waals surface area (Å²) in [6.07, 6.45) is 1.51. The molecule has 0 fully saturated rings. The van der Waals surface area contributed by atoms with E-state index in [0.29, 0.717) is 23.7 Å². The van der Waals surface area contributed by atoms with Crippen LogP contribution in [0.3, 0.4) is 0 Å². The van der Waals surface area contributed by atoms with Crippen LogP contribution >= 0.6 is 0 Å².